The normalized spacial score (nSPS) is 22.7. The Labute approximate surface area is 135 Å². The van der Waals surface area contributed by atoms with Gasteiger partial charge < -0.3 is 16.3 Å². The Morgan fingerprint density at radius 2 is 2.33 bits per heavy atom. The smallest absolute Gasteiger partial charge is 0.170 e. The maximum absolute atomic E-state index is 8.67. The molecule has 1 saturated carbocycles. The molecule has 2 unspecified atom stereocenters. The van der Waals surface area contributed by atoms with Gasteiger partial charge in [0.1, 0.15) is 0 Å². The number of hydrogen-bond acceptors (Lipinski definition) is 4. The first-order valence-electron chi connectivity index (χ1n) is 7.25. The monoisotopic (exact) mass is 327 g/mol. The molecule has 116 valence electrons. The van der Waals surface area contributed by atoms with Crippen molar-refractivity contribution in [2.45, 2.75) is 44.0 Å². The largest absolute Gasteiger partial charge is 0.409 e. The quantitative estimate of drug-likeness (QED) is 0.325. The fourth-order valence-corrected chi connectivity index (χ4v) is 4.06. The molecule has 0 radical (unpaired) electrons. The van der Waals surface area contributed by atoms with E-state index >= 15 is 0 Å². The molecule has 1 aromatic rings. The van der Waals surface area contributed by atoms with E-state index in [1.165, 1.54) is 25.0 Å². The molecule has 0 aliphatic heterocycles. The second-order valence-corrected chi connectivity index (χ2v) is 7.24. The third-order valence-corrected chi connectivity index (χ3v) is 5.41. The van der Waals surface area contributed by atoms with Crippen molar-refractivity contribution in [1.29, 1.82) is 0 Å². The van der Waals surface area contributed by atoms with Crippen molar-refractivity contribution in [1.82, 2.24) is 5.32 Å². The maximum atomic E-state index is 8.67. The van der Waals surface area contributed by atoms with Crippen molar-refractivity contribution in [2.24, 2.45) is 10.9 Å². The van der Waals surface area contributed by atoms with E-state index in [9.17, 15) is 0 Å². The Morgan fingerprint density at radius 1 is 1.52 bits per heavy atom. The average Bonchev–Trinajstić information content (AvgIpc) is 2.93. The number of nitrogens with two attached hydrogens (primary N) is 1. The number of halogens is 1. The van der Waals surface area contributed by atoms with Gasteiger partial charge in [0.05, 0.1) is 0 Å². The van der Waals surface area contributed by atoms with Gasteiger partial charge in [0, 0.05) is 28.4 Å². The lowest BCUT2D eigenvalue weighted by Crippen LogP contribution is -2.26. The highest BCUT2D eigenvalue weighted by Crippen LogP contribution is 2.30. The van der Waals surface area contributed by atoms with Gasteiger partial charge in [-0.25, -0.2) is 0 Å². The Hall–Kier alpha value is -0.910. The lowest BCUT2D eigenvalue weighted by Gasteiger charge is -2.14. The molecule has 21 heavy (non-hydrogen) atoms. The van der Waals surface area contributed by atoms with E-state index in [-0.39, 0.29) is 5.84 Å². The molecule has 4 N–H and O–H groups in total. The Morgan fingerprint density at radius 3 is 3.00 bits per heavy atom. The molecule has 0 saturated heterocycles. The minimum atomic E-state index is 0.0756. The maximum Gasteiger partial charge on any atom is 0.170 e. The number of benzene rings is 1. The van der Waals surface area contributed by atoms with Crippen LogP contribution in [0.15, 0.2) is 23.4 Å². The van der Waals surface area contributed by atoms with Crippen LogP contribution in [0.4, 0.5) is 0 Å². The van der Waals surface area contributed by atoms with Crippen molar-refractivity contribution in [2.75, 3.05) is 5.75 Å². The molecule has 1 aliphatic rings. The number of nitrogens with one attached hydrogen (secondary N) is 1. The first-order chi connectivity index (χ1) is 10.1. The van der Waals surface area contributed by atoms with Gasteiger partial charge in [0.15, 0.2) is 5.84 Å². The van der Waals surface area contributed by atoms with Crippen LogP contribution in [-0.2, 0) is 6.54 Å². The summed E-state index contributed by atoms with van der Waals surface area (Å²) in [6.45, 7) is 2.97. The van der Waals surface area contributed by atoms with Gasteiger partial charge >= 0.3 is 0 Å². The molecule has 0 heterocycles. The molecule has 2 atom stereocenters. The predicted octanol–water partition coefficient (Wildman–Crippen LogP) is 3.20. The van der Waals surface area contributed by atoms with Crippen LogP contribution in [0.5, 0.6) is 0 Å². The van der Waals surface area contributed by atoms with Crippen molar-refractivity contribution >= 4 is 29.2 Å². The van der Waals surface area contributed by atoms with Crippen molar-refractivity contribution in [3.05, 3.63) is 34.3 Å². The summed E-state index contributed by atoms with van der Waals surface area (Å²) in [6, 6.07) is 6.06. The molecule has 0 amide bonds. The number of hydrogen-bond donors (Lipinski definition) is 3. The molecule has 1 aromatic carbocycles. The van der Waals surface area contributed by atoms with Gasteiger partial charge in [-0.3, -0.25) is 0 Å². The van der Waals surface area contributed by atoms with Crippen LogP contribution in [0.1, 0.15) is 37.3 Å². The zero-order valence-corrected chi connectivity index (χ0v) is 13.8. The first kappa shape index (κ1) is 16.5. The molecule has 2 rings (SSSR count). The van der Waals surface area contributed by atoms with E-state index in [0.717, 1.165) is 17.4 Å². The Kier molecular flexibility index (Phi) is 6.21. The van der Waals surface area contributed by atoms with Crippen LogP contribution in [0.3, 0.4) is 0 Å². The van der Waals surface area contributed by atoms with Crippen LogP contribution in [0, 0.1) is 0 Å². The third kappa shape index (κ3) is 4.53. The average molecular weight is 328 g/mol. The fourth-order valence-electron chi connectivity index (χ4n) is 2.67. The summed E-state index contributed by atoms with van der Waals surface area (Å²) in [6.07, 6.45) is 3.77. The van der Waals surface area contributed by atoms with Crippen LogP contribution in [-0.4, -0.2) is 28.1 Å². The lowest BCUT2D eigenvalue weighted by molar-refractivity contribution is 0.318. The summed E-state index contributed by atoms with van der Waals surface area (Å²) in [5.41, 5.74) is 7.22. The van der Waals surface area contributed by atoms with Gasteiger partial charge in [-0.05, 0) is 36.6 Å². The van der Waals surface area contributed by atoms with Crippen LogP contribution < -0.4 is 11.1 Å². The summed E-state index contributed by atoms with van der Waals surface area (Å²) < 4.78 is 0. The zero-order valence-electron chi connectivity index (χ0n) is 12.2. The van der Waals surface area contributed by atoms with Gasteiger partial charge in [-0.15, -0.1) is 0 Å². The molecule has 1 fully saturated rings. The van der Waals surface area contributed by atoms with Gasteiger partial charge in [-0.2, -0.15) is 11.8 Å². The summed E-state index contributed by atoms with van der Waals surface area (Å²) in [4.78, 5) is 0. The first-order valence-corrected chi connectivity index (χ1v) is 8.68. The molecule has 1 aliphatic carbocycles. The van der Waals surface area contributed by atoms with Gasteiger partial charge in [0.25, 0.3) is 0 Å². The van der Waals surface area contributed by atoms with E-state index < -0.39 is 0 Å². The lowest BCUT2D eigenvalue weighted by atomic mass is 10.1. The van der Waals surface area contributed by atoms with E-state index in [0.29, 0.717) is 16.6 Å². The summed E-state index contributed by atoms with van der Waals surface area (Å²) in [5.74, 6) is 1.27. The van der Waals surface area contributed by atoms with E-state index in [4.69, 9.17) is 22.5 Å². The molecule has 4 nitrogen and oxygen atoms in total. The summed E-state index contributed by atoms with van der Waals surface area (Å²) >= 11 is 8.32. The Bertz CT molecular complexity index is 510. The molecular formula is C15H22ClN3OS. The Balaban J connectivity index is 1.89. The number of thioether (sulfide) groups is 1. The van der Waals surface area contributed by atoms with Crippen LogP contribution in [0.2, 0.25) is 5.02 Å². The minimum Gasteiger partial charge on any atom is -0.409 e. The topological polar surface area (TPSA) is 70.6 Å². The summed E-state index contributed by atoms with van der Waals surface area (Å²) in [5, 5.41) is 16.7. The number of oxime groups is 1. The third-order valence-electron chi connectivity index (χ3n) is 3.82. The second-order valence-electron chi connectivity index (χ2n) is 5.26. The molecule has 0 aromatic heterocycles. The van der Waals surface area contributed by atoms with E-state index in [1.807, 2.05) is 12.1 Å². The van der Waals surface area contributed by atoms with Crippen molar-refractivity contribution < 1.29 is 5.21 Å². The van der Waals surface area contributed by atoms with Crippen molar-refractivity contribution in [3.8, 4) is 0 Å². The highest BCUT2D eigenvalue weighted by Gasteiger charge is 2.24. The van der Waals surface area contributed by atoms with Crippen molar-refractivity contribution in [3.63, 3.8) is 0 Å². The SMILES string of the molecule is CCSC1CCC(NCc2ccc(/C(N)=N/O)cc2Cl)C1. The minimum absolute atomic E-state index is 0.0756. The predicted molar refractivity (Wildman–Crippen MR) is 90.4 cm³/mol. The molecule has 6 heteroatoms. The van der Waals surface area contributed by atoms with E-state index in [2.05, 4.69) is 29.2 Å². The number of rotatable bonds is 6. The van der Waals surface area contributed by atoms with Crippen LogP contribution >= 0.6 is 23.4 Å². The second kappa shape index (κ2) is 7.92. The van der Waals surface area contributed by atoms with E-state index in [1.54, 1.807) is 6.07 Å². The standard InChI is InChI=1S/C15H22ClN3OS/c1-2-21-13-6-5-12(8-13)18-9-11-4-3-10(7-14(11)16)15(17)19-20/h3-4,7,12-13,18,20H,2,5-6,8-9H2,1H3,(H2,17,19). The fraction of sp³-hybridized carbons (Fsp3) is 0.533. The van der Waals surface area contributed by atoms with Gasteiger partial charge in [0.2, 0.25) is 0 Å². The highest BCUT2D eigenvalue weighted by molar-refractivity contribution is 7.99. The number of nitrogens with zero attached hydrogens (tertiary/aromatic N) is 1. The summed E-state index contributed by atoms with van der Waals surface area (Å²) in [7, 11) is 0. The molecule has 0 spiro atoms. The highest BCUT2D eigenvalue weighted by atomic mass is 35.5. The van der Waals surface area contributed by atoms with Gasteiger partial charge in [-0.1, -0.05) is 35.8 Å². The molecule has 0 bridgehead atoms. The zero-order chi connectivity index (χ0) is 15.2. The van der Waals surface area contributed by atoms with Crippen LogP contribution in [0.25, 0.3) is 0 Å². The number of amidine groups is 1. The molecular weight excluding hydrogens is 306 g/mol.